The lowest BCUT2D eigenvalue weighted by atomic mass is 9.90. The fourth-order valence-corrected chi connectivity index (χ4v) is 3.15. The van der Waals surface area contributed by atoms with Crippen molar-refractivity contribution < 1.29 is 9.90 Å². The molecule has 18 heavy (non-hydrogen) atoms. The number of nitrogens with zero attached hydrogens (tertiary/aromatic N) is 1. The van der Waals surface area contributed by atoms with Crippen LogP contribution in [-0.2, 0) is 10.4 Å². The number of fused-ring (bicyclic) bond motifs is 1. The third kappa shape index (κ3) is 2.14. The third-order valence-corrected chi connectivity index (χ3v) is 4.60. The van der Waals surface area contributed by atoms with Crippen LogP contribution in [0.15, 0.2) is 24.4 Å². The standard InChI is InChI=1S/C11H10BIN2O2S/c1-11(17,10(14)16)8-5-15(18-13)9-3-2-6(12)4-7(8)9/h2-5,17H,1H3,(H2,14,16). The van der Waals surface area contributed by atoms with Gasteiger partial charge < -0.3 is 10.8 Å². The second-order valence-corrected chi connectivity index (χ2v) is 5.86. The molecule has 4 nitrogen and oxygen atoms in total. The van der Waals surface area contributed by atoms with Gasteiger partial charge in [0, 0.05) is 47.5 Å². The maximum absolute atomic E-state index is 11.4. The van der Waals surface area contributed by atoms with E-state index in [-0.39, 0.29) is 0 Å². The Hall–Kier alpha value is -0.665. The number of benzene rings is 1. The zero-order valence-electron chi connectivity index (χ0n) is 9.55. The fourth-order valence-electron chi connectivity index (χ4n) is 1.80. The van der Waals surface area contributed by atoms with Crippen LogP contribution in [0.3, 0.4) is 0 Å². The number of aliphatic hydroxyl groups is 1. The van der Waals surface area contributed by atoms with Crippen molar-refractivity contribution in [3.05, 3.63) is 30.0 Å². The summed E-state index contributed by atoms with van der Waals surface area (Å²) in [7, 11) is 7.18. The summed E-state index contributed by atoms with van der Waals surface area (Å²) in [5, 5.41) is 10.9. The molecule has 3 N–H and O–H groups in total. The molecule has 2 radical (unpaired) electrons. The zero-order chi connectivity index (χ0) is 13.5. The van der Waals surface area contributed by atoms with Gasteiger partial charge in [-0.2, -0.15) is 0 Å². The van der Waals surface area contributed by atoms with Gasteiger partial charge in [-0.15, -0.1) is 0 Å². The van der Waals surface area contributed by atoms with Gasteiger partial charge in [0.1, 0.15) is 7.85 Å². The summed E-state index contributed by atoms with van der Waals surface area (Å²) in [5.74, 6) is -0.789. The van der Waals surface area contributed by atoms with Crippen molar-refractivity contribution in [2.75, 3.05) is 0 Å². The minimum absolute atomic E-state index is 0.460. The van der Waals surface area contributed by atoms with Crippen molar-refractivity contribution in [3.63, 3.8) is 0 Å². The van der Waals surface area contributed by atoms with Crippen molar-refractivity contribution in [2.24, 2.45) is 5.73 Å². The van der Waals surface area contributed by atoms with Gasteiger partial charge in [-0.05, 0) is 13.0 Å². The molecule has 0 saturated heterocycles. The SMILES string of the molecule is [B]c1ccc2c(c1)c(C(C)(O)C(N)=O)cn2SI. The van der Waals surface area contributed by atoms with Crippen LogP contribution in [0.5, 0.6) is 0 Å². The second-order valence-electron chi connectivity index (χ2n) is 4.15. The van der Waals surface area contributed by atoms with E-state index < -0.39 is 11.5 Å². The second kappa shape index (κ2) is 4.78. The number of primary amides is 1. The van der Waals surface area contributed by atoms with Crippen LogP contribution in [0, 0.1) is 0 Å². The van der Waals surface area contributed by atoms with Gasteiger partial charge in [-0.3, -0.25) is 8.77 Å². The molecule has 92 valence electrons. The summed E-state index contributed by atoms with van der Waals surface area (Å²) in [6, 6.07) is 5.34. The molecule has 1 aromatic heterocycles. The van der Waals surface area contributed by atoms with Crippen LogP contribution in [0.25, 0.3) is 10.9 Å². The van der Waals surface area contributed by atoms with Crippen LogP contribution in [0.1, 0.15) is 12.5 Å². The smallest absolute Gasteiger partial charge is 0.253 e. The molecule has 1 unspecified atom stereocenters. The van der Waals surface area contributed by atoms with E-state index >= 15 is 0 Å². The van der Waals surface area contributed by atoms with Gasteiger partial charge in [-0.1, -0.05) is 17.6 Å². The molecule has 0 fully saturated rings. The Morgan fingerprint density at radius 2 is 2.28 bits per heavy atom. The summed E-state index contributed by atoms with van der Waals surface area (Å²) >= 11 is 2.12. The van der Waals surface area contributed by atoms with Crippen LogP contribution in [0.4, 0.5) is 0 Å². The minimum atomic E-state index is -1.72. The number of rotatable bonds is 3. The summed E-state index contributed by atoms with van der Waals surface area (Å²) in [4.78, 5) is 11.4. The Bertz CT molecular complexity index is 627. The average molecular weight is 372 g/mol. The van der Waals surface area contributed by atoms with E-state index in [0.29, 0.717) is 11.0 Å². The van der Waals surface area contributed by atoms with Crippen molar-refractivity contribution in [1.82, 2.24) is 3.97 Å². The van der Waals surface area contributed by atoms with Crippen molar-refractivity contribution in [2.45, 2.75) is 12.5 Å². The normalized spacial score (nSPS) is 14.6. The summed E-state index contributed by atoms with van der Waals surface area (Å²) in [6.07, 6.45) is 1.70. The number of carbonyl (C=O) groups is 1. The van der Waals surface area contributed by atoms with Crippen LogP contribution in [0.2, 0.25) is 0 Å². The predicted molar refractivity (Wildman–Crippen MR) is 83.1 cm³/mol. The van der Waals surface area contributed by atoms with Crippen molar-refractivity contribution >= 4 is 60.4 Å². The first-order valence-corrected chi connectivity index (χ1v) is 8.42. The van der Waals surface area contributed by atoms with Gasteiger partial charge in [0.2, 0.25) is 0 Å². The van der Waals surface area contributed by atoms with Gasteiger partial charge >= 0.3 is 0 Å². The van der Waals surface area contributed by atoms with Gasteiger partial charge in [0.25, 0.3) is 5.91 Å². The summed E-state index contributed by atoms with van der Waals surface area (Å²) in [6.45, 7) is 1.38. The maximum Gasteiger partial charge on any atom is 0.253 e. The lowest BCUT2D eigenvalue weighted by Gasteiger charge is -2.18. The van der Waals surface area contributed by atoms with E-state index in [4.69, 9.17) is 13.6 Å². The molecule has 1 aromatic carbocycles. The molecule has 1 heterocycles. The van der Waals surface area contributed by atoms with Crippen molar-refractivity contribution in [1.29, 1.82) is 0 Å². The van der Waals surface area contributed by atoms with E-state index in [0.717, 1.165) is 10.9 Å². The van der Waals surface area contributed by atoms with Gasteiger partial charge in [-0.25, -0.2) is 0 Å². The summed E-state index contributed by atoms with van der Waals surface area (Å²) in [5.41, 5.74) is 5.43. The molecule has 2 rings (SSSR count). The van der Waals surface area contributed by atoms with Gasteiger partial charge in [0.05, 0.1) is 5.52 Å². The zero-order valence-corrected chi connectivity index (χ0v) is 12.5. The first-order valence-electron chi connectivity index (χ1n) is 5.10. The molecule has 0 aliphatic heterocycles. The topological polar surface area (TPSA) is 68.2 Å². The summed E-state index contributed by atoms with van der Waals surface area (Å²) < 4.78 is 1.85. The van der Waals surface area contributed by atoms with E-state index in [9.17, 15) is 9.90 Å². The number of hydrogen-bond acceptors (Lipinski definition) is 3. The fraction of sp³-hybridized carbons (Fsp3) is 0.182. The molecule has 0 spiro atoms. The molecular formula is C11H10BIN2O2S. The first-order chi connectivity index (χ1) is 8.37. The Kier molecular flexibility index (Phi) is 3.66. The highest BCUT2D eigenvalue weighted by Crippen LogP contribution is 2.33. The Labute approximate surface area is 122 Å². The number of amides is 1. The highest BCUT2D eigenvalue weighted by molar-refractivity contribution is 14.2. The molecule has 0 bridgehead atoms. The van der Waals surface area contributed by atoms with Gasteiger partial charge in [0.15, 0.2) is 5.60 Å². The largest absolute Gasteiger partial charge is 0.375 e. The molecule has 0 aliphatic carbocycles. The van der Waals surface area contributed by atoms with E-state index in [1.807, 2.05) is 10.0 Å². The Morgan fingerprint density at radius 3 is 2.83 bits per heavy atom. The first kappa shape index (κ1) is 13.8. The molecule has 1 atom stereocenters. The Morgan fingerprint density at radius 1 is 1.61 bits per heavy atom. The highest BCUT2D eigenvalue weighted by Gasteiger charge is 2.33. The monoisotopic (exact) mass is 372 g/mol. The minimum Gasteiger partial charge on any atom is -0.375 e. The molecule has 7 heteroatoms. The lowest BCUT2D eigenvalue weighted by Crippen LogP contribution is -2.38. The maximum atomic E-state index is 11.4. The van der Waals surface area contributed by atoms with Crippen LogP contribution >= 0.6 is 30.3 Å². The van der Waals surface area contributed by atoms with Crippen molar-refractivity contribution in [3.8, 4) is 0 Å². The molecule has 2 aromatic rings. The quantitative estimate of drug-likeness (QED) is 0.624. The lowest BCUT2D eigenvalue weighted by molar-refractivity contribution is -0.135. The number of hydrogen-bond donors (Lipinski definition) is 2. The number of nitrogens with two attached hydrogens (primary N) is 1. The van der Waals surface area contributed by atoms with E-state index in [1.54, 1.807) is 18.3 Å². The van der Waals surface area contributed by atoms with E-state index in [1.165, 1.54) is 16.0 Å². The predicted octanol–water partition coefficient (Wildman–Crippen LogP) is 0.974. The molecule has 1 amide bonds. The number of aromatic nitrogens is 1. The molecule has 0 saturated carbocycles. The third-order valence-electron chi connectivity index (χ3n) is 2.87. The highest BCUT2D eigenvalue weighted by atomic mass is 127. The average Bonchev–Trinajstić information content (AvgIpc) is 2.67. The van der Waals surface area contributed by atoms with E-state index in [2.05, 4.69) is 21.2 Å². The van der Waals surface area contributed by atoms with Crippen LogP contribution in [-0.4, -0.2) is 22.8 Å². The molecular weight excluding hydrogens is 362 g/mol. The number of carbonyl (C=O) groups excluding carboxylic acids is 1. The number of halogens is 1. The van der Waals surface area contributed by atoms with Crippen LogP contribution < -0.4 is 11.2 Å². The molecule has 0 aliphatic rings. The Balaban J connectivity index is 2.79.